The predicted octanol–water partition coefficient (Wildman–Crippen LogP) is 7.30. The highest BCUT2D eigenvalue weighted by atomic mass is 35.5. The van der Waals surface area contributed by atoms with Crippen LogP contribution in [0.1, 0.15) is 11.1 Å². The van der Waals surface area contributed by atoms with Crippen molar-refractivity contribution >= 4 is 46.7 Å². The molecule has 1 unspecified atom stereocenters. The molecule has 29 heavy (non-hydrogen) atoms. The minimum atomic E-state index is -4.32. The van der Waals surface area contributed by atoms with Crippen molar-refractivity contribution in [1.82, 2.24) is 9.55 Å². The Bertz CT molecular complexity index is 916. The molecule has 1 aromatic heterocycles. The molecule has 0 spiro atoms. The molecular formula is C20H17Cl2F3N2S2. The number of thioether (sulfide) groups is 2. The summed E-state index contributed by atoms with van der Waals surface area (Å²) in [6, 6.07) is 10.9. The largest absolute Gasteiger partial charge is 0.416 e. The van der Waals surface area contributed by atoms with Gasteiger partial charge in [-0.15, -0.1) is 11.8 Å². The van der Waals surface area contributed by atoms with Gasteiger partial charge in [-0.05, 0) is 42.0 Å². The van der Waals surface area contributed by atoms with Crippen molar-refractivity contribution in [1.29, 1.82) is 0 Å². The van der Waals surface area contributed by atoms with E-state index in [9.17, 15) is 13.2 Å². The van der Waals surface area contributed by atoms with Crippen molar-refractivity contribution in [3.05, 3.63) is 82.4 Å². The van der Waals surface area contributed by atoms with Gasteiger partial charge < -0.3 is 4.57 Å². The van der Waals surface area contributed by atoms with Crippen molar-refractivity contribution in [2.45, 2.75) is 28.6 Å². The zero-order valence-corrected chi connectivity index (χ0v) is 18.2. The van der Waals surface area contributed by atoms with Crippen molar-refractivity contribution in [2.75, 3.05) is 5.75 Å². The van der Waals surface area contributed by atoms with E-state index in [1.165, 1.54) is 12.1 Å². The number of benzene rings is 2. The summed E-state index contributed by atoms with van der Waals surface area (Å²) in [4.78, 5) is 4.88. The average molecular weight is 477 g/mol. The van der Waals surface area contributed by atoms with Gasteiger partial charge in [0, 0.05) is 40.6 Å². The highest BCUT2D eigenvalue weighted by molar-refractivity contribution is 8.03. The smallest absolute Gasteiger partial charge is 0.336 e. The van der Waals surface area contributed by atoms with Crippen LogP contribution in [0, 0.1) is 0 Å². The molecule has 0 aliphatic carbocycles. The van der Waals surface area contributed by atoms with Crippen LogP contribution in [-0.4, -0.2) is 20.6 Å². The lowest BCUT2D eigenvalue weighted by Gasteiger charge is -2.17. The summed E-state index contributed by atoms with van der Waals surface area (Å²) in [6.45, 7) is 0.750. The lowest BCUT2D eigenvalue weighted by molar-refractivity contribution is -0.137. The minimum Gasteiger partial charge on any atom is -0.336 e. The summed E-state index contributed by atoms with van der Waals surface area (Å²) in [7, 11) is 0. The van der Waals surface area contributed by atoms with Crippen LogP contribution < -0.4 is 0 Å². The fraction of sp³-hybridized carbons (Fsp3) is 0.250. The fourth-order valence-corrected chi connectivity index (χ4v) is 5.16. The summed E-state index contributed by atoms with van der Waals surface area (Å²) in [5.41, 5.74) is 0.436. The Morgan fingerprint density at radius 2 is 1.79 bits per heavy atom. The molecule has 9 heteroatoms. The van der Waals surface area contributed by atoms with Gasteiger partial charge in [0.2, 0.25) is 0 Å². The van der Waals surface area contributed by atoms with Gasteiger partial charge in [-0.1, -0.05) is 29.3 Å². The van der Waals surface area contributed by atoms with E-state index in [0.29, 0.717) is 10.0 Å². The third-order valence-electron chi connectivity index (χ3n) is 4.06. The number of alkyl halides is 3. The van der Waals surface area contributed by atoms with Gasteiger partial charge in [-0.25, -0.2) is 4.98 Å². The highest BCUT2D eigenvalue weighted by Gasteiger charge is 2.29. The van der Waals surface area contributed by atoms with Gasteiger partial charge in [0.05, 0.1) is 21.9 Å². The van der Waals surface area contributed by atoms with E-state index >= 15 is 0 Å². The van der Waals surface area contributed by atoms with Crippen molar-refractivity contribution in [3.63, 3.8) is 0 Å². The van der Waals surface area contributed by atoms with E-state index in [1.807, 2.05) is 22.9 Å². The summed E-state index contributed by atoms with van der Waals surface area (Å²) in [5, 5.41) is 1.27. The van der Waals surface area contributed by atoms with Crippen LogP contribution in [0.25, 0.3) is 0 Å². The molecule has 0 aliphatic rings. The molecule has 154 valence electrons. The number of aromatic nitrogens is 2. The number of nitrogens with zero attached hydrogens (tertiary/aromatic N) is 2. The van der Waals surface area contributed by atoms with Crippen LogP contribution >= 0.6 is 46.7 Å². The average Bonchev–Trinajstić information content (AvgIpc) is 3.19. The van der Waals surface area contributed by atoms with Gasteiger partial charge >= 0.3 is 6.18 Å². The Morgan fingerprint density at radius 1 is 1.03 bits per heavy atom. The first-order valence-electron chi connectivity index (χ1n) is 8.62. The number of halogens is 5. The molecule has 2 aromatic carbocycles. The highest BCUT2D eigenvalue weighted by Crippen LogP contribution is 2.32. The lowest BCUT2D eigenvalue weighted by Crippen LogP contribution is -2.15. The zero-order chi connectivity index (χ0) is 20.9. The van der Waals surface area contributed by atoms with Gasteiger partial charge in [-0.2, -0.15) is 24.9 Å². The SMILES string of the molecule is FC(F)(F)c1ccc(SCC(Cn2ccnc2)SCc2ccc(Cl)c(Cl)c2)cc1. The third-order valence-corrected chi connectivity index (χ3v) is 7.47. The lowest BCUT2D eigenvalue weighted by atomic mass is 10.2. The summed E-state index contributed by atoms with van der Waals surface area (Å²) >= 11 is 15.4. The fourth-order valence-electron chi connectivity index (χ4n) is 2.56. The normalized spacial score (nSPS) is 12.9. The van der Waals surface area contributed by atoms with Crippen molar-refractivity contribution < 1.29 is 13.2 Å². The predicted molar refractivity (Wildman–Crippen MR) is 116 cm³/mol. The zero-order valence-electron chi connectivity index (χ0n) is 15.1. The first-order chi connectivity index (χ1) is 13.8. The Hall–Kier alpha value is -1.28. The Morgan fingerprint density at radius 3 is 2.41 bits per heavy atom. The molecular weight excluding hydrogens is 460 g/mol. The van der Waals surface area contributed by atoms with E-state index in [2.05, 4.69) is 4.98 Å². The second-order valence-electron chi connectivity index (χ2n) is 6.27. The third kappa shape index (κ3) is 6.88. The molecule has 0 saturated heterocycles. The molecule has 0 bridgehead atoms. The van der Waals surface area contributed by atoms with Gasteiger partial charge in [0.1, 0.15) is 0 Å². The maximum Gasteiger partial charge on any atom is 0.416 e. The van der Waals surface area contributed by atoms with Gasteiger partial charge in [0.15, 0.2) is 0 Å². The summed E-state index contributed by atoms with van der Waals surface area (Å²) in [5.74, 6) is 1.50. The molecule has 0 N–H and O–H groups in total. The molecule has 0 fully saturated rings. The molecule has 1 atom stereocenters. The summed E-state index contributed by atoms with van der Waals surface area (Å²) in [6.07, 6.45) is 1.07. The second kappa shape index (κ2) is 10.2. The maximum absolute atomic E-state index is 12.7. The maximum atomic E-state index is 12.7. The topological polar surface area (TPSA) is 17.8 Å². The van der Waals surface area contributed by atoms with Crippen molar-refractivity contribution in [3.8, 4) is 0 Å². The minimum absolute atomic E-state index is 0.228. The van der Waals surface area contributed by atoms with Crippen LogP contribution in [-0.2, 0) is 18.5 Å². The molecule has 0 saturated carbocycles. The van der Waals surface area contributed by atoms with Crippen LogP contribution in [0.15, 0.2) is 66.1 Å². The summed E-state index contributed by atoms with van der Waals surface area (Å²) < 4.78 is 40.2. The van der Waals surface area contributed by atoms with E-state index in [-0.39, 0.29) is 5.25 Å². The van der Waals surface area contributed by atoms with E-state index < -0.39 is 11.7 Å². The molecule has 0 radical (unpaired) electrons. The number of hydrogen-bond acceptors (Lipinski definition) is 3. The standard InChI is InChI=1S/C20H17Cl2F3N2S2/c21-18-6-1-14(9-19(18)22)11-28-17(10-27-8-7-26-13-27)12-29-16-4-2-15(3-5-16)20(23,24)25/h1-9,13,17H,10-12H2. The first-order valence-corrected chi connectivity index (χ1v) is 11.4. The Kier molecular flexibility index (Phi) is 7.85. The first kappa shape index (κ1) is 22.4. The quantitative estimate of drug-likeness (QED) is 0.317. The molecule has 0 aliphatic heterocycles. The molecule has 3 aromatic rings. The molecule has 1 heterocycles. The van der Waals surface area contributed by atoms with Crippen molar-refractivity contribution in [2.24, 2.45) is 0 Å². The monoisotopic (exact) mass is 476 g/mol. The molecule has 0 amide bonds. The van der Waals surface area contributed by atoms with Crippen LogP contribution in [0.4, 0.5) is 13.2 Å². The Labute approximate surface area is 185 Å². The van der Waals surface area contributed by atoms with Crippen LogP contribution in [0.2, 0.25) is 10.0 Å². The Balaban J connectivity index is 1.62. The second-order valence-corrected chi connectivity index (χ2v) is 9.47. The molecule has 3 rings (SSSR count). The number of imidazole rings is 1. The number of rotatable bonds is 8. The van der Waals surface area contributed by atoms with E-state index in [1.54, 1.807) is 42.1 Å². The van der Waals surface area contributed by atoms with E-state index in [0.717, 1.165) is 40.6 Å². The van der Waals surface area contributed by atoms with Gasteiger partial charge in [0.25, 0.3) is 0 Å². The van der Waals surface area contributed by atoms with Crippen LogP contribution in [0.3, 0.4) is 0 Å². The van der Waals surface area contributed by atoms with Gasteiger partial charge in [-0.3, -0.25) is 0 Å². The van der Waals surface area contributed by atoms with Crippen LogP contribution in [0.5, 0.6) is 0 Å². The van der Waals surface area contributed by atoms with E-state index in [4.69, 9.17) is 23.2 Å². The molecule has 2 nitrogen and oxygen atoms in total. The number of hydrogen-bond donors (Lipinski definition) is 0.